The number of amides is 2. The lowest BCUT2D eigenvalue weighted by Crippen LogP contribution is -2.40. The molecule has 1 saturated carbocycles. The molecule has 0 bridgehead atoms. The summed E-state index contributed by atoms with van der Waals surface area (Å²) in [5, 5.41) is 21.8. The first-order chi connectivity index (χ1) is 9.56. The molecule has 0 aliphatic heterocycles. The second-order valence-corrected chi connectivity index (χ2v) is 5.46. The Morgan fingerprint density at radius 2 is 2.05 bits per heavy atom. The van der Waals surface area contributed by atoms with Gasteiger partial charge in [0.05, 0.1) is 6.10 Å². The van der Waals surface area contributed by atoms with Gasteiger partial charge < -0.3 is 20.4 Å². The summed E-state index contributed by atoms with van der Waals surface area (Å²) in [7, 11) is 1.75. The number of aliphatic hydroxyl groups is 1. The molecule has 2 rings (SSSR count). The zero-order chi connectivity index (χ0) is 14.5. The normalized spacial score (nSPS) is 21.7. The molecular weight excluding hydrogens is 256 g/mol. The topological polar surface area (TPSA) is 72.8 Å². The van der Waals surface area contributed by atoms with E-state index in [9.17, 15) is 15.0 Å². The van der Waals surface area contributed by atoms with Crippen LogP contribution in [0, 0.1) is 5.92 Å². The number of carbonyl (C=O) groups excluding carboxylic acids is 1. The number of rotatable bonds is 4. The Kier molecular flexibility index (Phi) is 4.84. The van der Waals surface area contributed by atoms with Crippen molar-refractivity contribution in [3.63, 3.8) is 0 Å². The Bertz CT molecular complexity index is 447. The van der Waals surface area contributed by atoms with Gasteiger partial charge in [0.1, 0.15) is 5.75 Å². The first-order valence-electron chi connectivity index (χ1n) is 7.01. The number of phenolic OH excluding ortho intramolecular Hbond substituents is 1. The van der Waals surface area contributed by atoms with Gasteiger partial charge in [-0.05, 0) is 30.5 Å². The second-order valence-electron chi connectivity index (χ2n) is 5.46. The molecule has 5 nitrogen and oxygen atoms in total. The predicted molar refractivity (Wildman–Crippen MR) is 76.3 cm³/mol. The van der Waals surface area contributed by atoms with Crippen LogP contribution in [0.3, 0.4) is 0 Å². The SMILES string of the molecule is CN(CC1CCCC1O)C(=O)NCc1ccc(O)cc1. The standard InChI is InChI=1S/C15H22N2O3/c1-17(10-12-3-2-4-14(12)19)15(20)16-9-11-5-7-13(18)8-6-11/h5-8,12,14,18-19H,2-4,9-10H2,1H3,(H,16,20). The molecule has 2 amide bonds. The highest BCUT2D eigenvalue weighted by Crippen LogP contribution is 2.25. The molecule has 0 aromatic heterocycles. The average Bonchev–Trinajstić information content (AvgIpc) is 2.83. The van der Waals surface area contributed by atoms with Crippen LogP contribution >= 0.6 is 0 Å². The summed E-state index contributed by atoms with van der Waals surface area (Å²) < 4.78 is 0. The van der Waals surface area contributed by atoms with E-state index in [2.05, 4.69) is 5.32 Å². The summed E-state index contributed by atoms with van der Waals surface area (Å²) in [6, 6.07) is 6.60. The Balaban J connectivity index is 1.77. The van der Waals surface area contributed by atoms with Gasteiger partial charge in [0, 0.05) is 26.1 Å². The third kappa shape index (κ3) is 3.87. The van der Waals surface area contributed by atoms with Crippen molar-refractivity contribution in [1.29, 1.82) is 0 Å². The van der Waals surface area contributed by atoms with E-state index >= 15 is 0 Å². The van der Waals surface area contributed by atoms with Gasteiger partial charge in [-0.15, -0.1) is 0 Å². The Morgan fingerprint density at radius 1 is 1.35 bits per heavy atom. The fourth-order valence-corrected chi connectivity index (χ4v) is 2.59. The molecule has 0 radical (unpaired) electrons. The molecule has 2 atom stereocenters. The van der Waals surface area contributed by atoms with Gasteiger partial charge >= 0.3 is 6.03 Å². The molecule has 1 aromatic carbocycles. The maximum atomic E-state index is 12.0. The summed E-state index contributed by atoms with van der Waals surface area (Å²) in [6.45, 7) is 1.01. The largest absolute Gasteiger partial charge is 0.508 e. The molecule has 0 spiro atoms. The highest BCUT2D eigenvalue weighted by Gasteiger charge is 2.27. The monoisotopic (exact) mass is 278 g/mol. The van der Waals surface area contributed by atoms with Gasteiger partial charge in [-0.1, -0.05) is 18.6 Å². The van der Waals surface area contributed by atoms with Crippen molar-refractivity contribution < 1.29 is 15.0 Å². The van der Waals surface area contributed by atoms with Gasteiger partial charge in [0.25, 0.3) is 0 Å². The van der Waals surface area contributed by atoms with Crippen molar-refractivity contribution in [3.8, 4) is 5.75 Å². The van der Waals surface area contributed by atoms with E-state index in [-0.39, 0.29) is 23.8 Å². The molecule has 0 heterocycles. The van der Waals surface area contributed by atoms with Crippen LogP contribution in [-0.2, 0) is 6.54 Å². The van der Waals surface area contributed by atoms with Gasteiger partial charge in [-0.25, -0.2) is 4.79 Å². The van der Waals surface area contributed by atoms with Crippen LogP contribution in [0.25, 0.3) is 0 Å². The third-order valence-corrected chi connectivity index (χ3v) is 3.85. The van der Waals surface area contributed by atoms with Crippen molar-refractivity contribution in [2.45, 2.75) is 31.9 Å². The number of nitrogens with one attached hydrogen (secondary N) is 1. The molecule has 2 unspecified atom stereocenters. The molecule has 1 aliphatic rings. The number of phenols is 1. The average molecular weight is 278 g/mol. The fraction of sp³-hybridized carbons (Fsp3) is 0.533. The van der Waals surface area contributed by atoms with Crippen molar-refractivity contribution >= 4 is 6.03 Å². The molecule has 1 aromatic rings. The number of aliphatic hydroxyl groups excluding tert-OH is 1. The number of aromatic hydroxyl groups is 1. The van der Waals surface area contributed by atoms with E-state index in [4.69, 9.17) is 0 Å². The first-order valence-corrected chi connectivity index (χ1v) is 7.01. The summed E-state index contributed by atoms with van der Waals surface area (Å²) in [6.07, 6.45) is 2.58. The highest BCUT2D eigenvalue weighted by atomic mass is 16.3. The van der Waals surface area contributed by atoms with Crippen LogP contribution in [-0.4, -0.2) is 40.8 Å². The van der Waals surface area contributed by atoms with Crippen LogP contribution in [0.15, 0.2) is 24.3 Å². The van der Waals surface area contributed by atoms with Crippen molar-refractivity contribution in [2.75, 3.05) is 13.6 Å². The maximum absolute atomic E-state index is 12.0. The summed E-state index contributed by atoms with van der Waals surface area (Å²) in [5.41, 5.74) is 0.936. The molecule has 1 aliphatic carbocycles. The lowest BCUT2D eigenvalue weighted by atomic mass is 10.1. The molecule has 0 saturated heterocycles. The first kappa shape index (κ1) is 14.7. The number of urea groups is 1. The minimum Gasteiger partial charge on any atom is -0.508 e. The van der Waals surface area contributed by atoms with E-state index in [1.54, 1.807) is 36.2 Å². The molecule has 110 valence electrons. The Labute approximate surface area is 119 Å². The lowest BCUT2D eigenvalue weighted by molar-refractivity contribution is 0.114. The molecule has 5 heteroatoms. The van der Waals surface area contributed by atoms with Gasteiger partial charge in [-0.3, -0.25) is 0 Å². The lowest BCUT2D eigenvalue weighted by Gasteiger charge is -2.23. The summed E-state index contributed by atoms with van der Waals surface area (Å²) >= 11 is 0. The van der Waals surface area contributed by atoms with Crippen LogP contribution in [0.1, 0.15) is 24.8 Å². The maximum Gasteiger partial charge on any atom is 0.317 e. The van der Waals surface area contributed by atoms with Gasteiger partial charge in [-0.2, -0.15) is 0 Å². The second kappa shape index (κ2) is 6.61. The van der Waals surface area contributed by atoms with Crippen molar-refractivity contribution in [1.82, 2.24) is 10.2 Å². The Hall–Kier alpha value is -1.75. The molecule has 3 N–H and O–H groups in total. The zero-order valence-electron chi connectivity index (χ0n) is 11.7. The van der Waals surface area contributed by atoms with Crippen molar-refractivity contribution in [3.05, 3.63) is 29.8 Å². The summed E-state index contributed by atoms with van der Waals surface area (Å²) in [5.74, 6) is 0.409. The van der Waals surface area contributed by atoms with E-state index in [1.165, 1.54) is 0 Å². The number of nitrogens with zero attached hydrogens (tertiary/aromatic N) is 1. The van der Waals surface area contributed by atoms with Crippen LogP contribution in [0.2, 0.25) is 0 Å². The third-order valence-electron chi connectivity index (χ3n) is 3.85. The summed E-state index contributed by atoms with van der Waals surface area (Å²) in [4.78, 5) is 13.6. The van der Waals surface area contributed by atoms with Crippen LogP contribution in [0.5, 0.6) is 5.75 Å². The minimum absolute atomic E-state index is 0.142. The number of carbonyl (C=O) groups is 1. The van der Waals surface area contributed by atoms with Gasteiger partial charge in [0.2, 0.25) is 0 Å². The van der Waals surface area contributed by atoms with E-state index in [1.807, 2.05) is 0 Å². The van der Waals surface area contributed by atoms with Crippen molar-refractivity contribution in [2.24, 2.45) is 5.92 Å². The van der Waals surface area contributed by atoms with E-state index in [0.717, 1.165) is 24.8 Å². The number of hydrogen-bond acceptors (Lipinski definition) is 3. The minimum atomic E-state index is -0.276. The van der Waals surface area contributed by atoms with Gasteiger partial charge in [0.15, 0.2) is 0 Å². The van der Waals surface area contributed by atoms with Crippen LogP contribution in [0.4, 0.5) is 4.79 Å². The van der Waals surface area contributed by atoms with E-state index < -0.39 is 0 Å². The van der Waals surface area contributed by atoms with E-state index in [0.29, 0.717) is 13.1 Å². The Morgan fingerprint density at radius 3 is 2.65 bits per heavy atom. The molecule has 20 heavy (non-hydrogen) atoms. The zero-order valence-corrected chi connectivity index (χ0v) is 11.7. The molecule has 1 fully saturated rings. The quantitative estimate of drug-likeness (QED) is 0.785. The number of hydrogen-bond donors (Lipinski definition) is 3. The molecular formula is C15H22N2O3. The predicted octanol–water partition coefficient (Wildman–Crippen LogP) is 1.69. The highest BCUT2D eigenvalue weighted by molar-refractivity contribution is 5.73. The van der Waals surface area contributed by atoms with Crippen LogP contribution < -0.4 is 5.32 Å². The fourth-order valence-electron chi connectivity index (χ4n) is 2.59. The smallest absolute Gasteiger partial charge is 0.317 e. The number of benzene rings is 1.